The van der Waals surface area contributed by atoms with Gasteiger partial charge in [0.15, 0.2) is 0 Å². The number of carbonyl (C=O) groups is 1. The van der Waals surface area contributed by atoms with Crippen molar-refractivity contribution in [2.24, 2.45) is 17.6 Å². The zero-order chi connectivity index (χ0) is 18.1. The summed E-state index contributed by atoms with van der Waals surface area (Å²) in [5.41, 5.74) is 6.91. The first-order valence-electron chi connectivity index (χ1n) is 9.92. The topological polar surface area (TPSA) is 64.8 Å². The van der Waals surface area contributed by atoms with Crippen LogP contribution in [0.1, 0.15) is 48.0 Å². The molecule has 2 aliphatic heterocycles. The predicted molar refractivity (Wildman–Crippen MR) is 99.9 cm³/mol. The molecule has 2 unspecified atom stereocenters. The van der Waals surface area contributed by atoms with Gasteiger partial charge in [0, 0.05) is 50.2 Å². The number of nitrogens with two attached hydrogens (primary N) is 1. The van der Waals surface area contributed by atoms with Gasteiger partial charge in [0.2, 0.25) is 5.91 Å². The van der Waals surface area contributed by atoms with Gasteiger partial charge in [-0.15, -0.1) is 0 Å². The Hall–Kier alpha value is -1.43. The highest BCUT2D eigenvalue weighted by atomic mass is 16.5. The molecule has 3 aliphatic rings. The van der Waals surface area contributed by atoms with Gasteiger partial charge in [-0.2, -0.15) is 0 Å². The van der Waals surface area contributed by atoms with Crippen LogP contribution in [0.2, 0.25) is 0 Å². The Bertz CT molecular complexity index is 642. The number of ether oxygens (including phenoxy) is 2. The summed E-state index contributed by atoms with van der Waals surface area (Å²) in [5.74, 6) is 0.496. The van der Waals surface area contributed by atoms with Crippen LogP contribution in [0, 0.1) is 11.8 Å². The van der Waals surface area contributed by atoms with E-state index in [1.807, 2.05) is 19.2 Å². The highest BCUT2D eigenvalue weighted by Gasteiger charge is 2.54. The summed E-state index contributed by atoms with van der Waals surface area (Å²) >= 11 is 0. The quantitative estimate of drug-likeness (QED) is 0.898. The third-order valence-electron chi connectivity index (χ3n) is 6.82. The summed E-state index contributed by atoms with van der Waals surface area (Å²) in [4.78, 5) is 14.3. The number of benzene rings is 1. The zero-order valence-corrected chi connectivity index (χ0v) is 15.7. The number of likely N-dealkylation sites (tertiary alicyclic amines) is 1. The van der Waals surface area contributed by atoms with E-state index >= 15 is 0 Å². The molecular formula is C21H30N2O3. The largest absolute Gasteiger partial charge is 0.380 e. The number of nitrogens with zero attached hydrogens (tertiary/aromatic N) is 1. The lowest BCUT2D eigenvalue weighted by Gasteiger charge is -2.57. The Morgan fingerprint density at radius 1 is 1.23 bits per heavy atom. The molecular weight excluding hydrogens is 328 g/mol. The second-order valence-electron chi connectivity index (χ2n) is 8.09. The van der Waals surface area contributed by atoms with E-state index in [2.05, 4.69) is 11.0 Å². The average Bonchev–Trinajstić information content (AvgIpc) is 2.67. The smallest absolute Gasteiger partial charge is 0.248 e. The number of methoxy groups -OCH3 is 1. The van der Waals surface area contributed by atoms with Crippen LogP contribution in [0.25, 0.3) is 0 Å². The number of primary amides is 1. The van der Waals surface area contributed by atoms with E-state index in [1.54, 1.807) is 6.07 Å². The van der Waals surface area contributed by atoms with Crippen molar-refractivity contribution in [3.8, 4) is 0 Å². The average molecular weight is 358 g/mol. The van der Waals surface area contributed by atoms with E-state index in [9.17, 15) is 4.79 Å². The molecule has 0 radical (unpaired) electrons. The molecule has 3 fully saturated rings. The van der Waals surface area contributed by atoms with Crippen molar-refractivity contribution in [1.29, 1.82) is 0 Å². The minimum Gasteiger partial charge on any atom is -0.380 e. The molecule has 0 aromatic heterocycles. The van der Waals surface area contributed by atoms with Crippen molar-refractivity contribution in [2.45, 2.75) is 43.7 Å². The lowest BCUT2D eigenvalue weighted by molar-refractivity contribution is -0.179. The number of hydrogen-bond donors (Lipinski definition) is 1. The first-order valence-corrected chi connectivity index (χ1v) is 9.92. The summed E-state index contributed by atoms with van der Waals surface area (Å²) in [6.45, 7) is 3.84. The zero-order valence-electron chi connectivity index (χ0n) is 15.7. The molecule has 26 heavy (non-hydrogen) atoms. The number of piperidine rings is 1. The first kappa shape index (κ1) is 18.0. The van der Waals surface area contributed by atoms with Gasteiger partial charge in [-0.25, -0.2) is 0 Å². The second kappa shape index (κ2) is 7.29. The highest BCUT2D eigenvalue weighted by Crippen LogP contribution is 2.52. The van der Waals surface area contributed by atoms with Crippen molar-refractivity contribution in [2.75, 3.05) is 33.4 Å². The minimum atomic E-state index is -0.375. The van der Waals surface area contributed by atoms with Gasteiger partial charge < -0.3 is 15.2 Å². The normalized spacial score (nSPS) is 35.2. The van der Waals surface area contributed by atoms with Crippen LogP contribution in [-0.4, -0.2) is 50.3 Å². The molecule has 5 heteroatoms. The van der Waals surface area contributed by atoms with Gasteiger partial charge in [0.05, 0.1) is 6.61 Å². The van der Waals surface area contributed by atoms with Gasteiger partial charge in [0.25, 0.3) is 0 Å². The summed E-state index contributed by atoms with van der Waals surface area (Å²) in [6, 6.07) is 8.34. The third-order valence-corrected chi connectivity index (χ3v) is 6.82. The molecule has 1 aromatic rings. The fourth-order valence-electron chi connectivity index (χ4n) is 5.62. The number of carbonyl (C=O) groups excluding carboxylic acids is 1. The molecule has 2 N–H and O–H groups in total. The SMILES string of the molecule is COC1(c2cccc(C(N)=O)c2)C2CCCC1CN([C@@H]1CCCOC1)C2. The summed E-state index contributed by atoms with van der Waals surface area (Å²) < 4.78 is 12.0. The molecule has 4 rings (SSSR count). The van der Waals surface area contributed by atoms with Crippen LogP contribution in [0.3, 0.4) is 0 Å². The van der Waals surface area contributed by atoms with Crippen LogP contribution in [0.15, 0.2) is 24.3 Å². The maximum atomic E-state index is 11.7. The molecule has 1 amide bonds. The van der Waals surface area contributed by atoms with Gasteiger partial charge in [0.1, 0.15) is 5.60 Å². The maximum Gasteiger partial charge on any atom is 0.248 e. The molecule has 0 spiro atoms. The van der Waals surface area contributed by atoms with Gasteiger partial charge in [-0.3, -0.25) is 9.69 Å². The van der Waals surface area contributed by atoms with E-state index in [0.29, 0.717) is 23.4 Å². The first-order chi connectivity index (χ1) is 12.6. The molecule has 2 bridgehead atoms. The summed E-state index contributed by atoms with van der Waals surface area (Å²) in [7, 11) is 1.83. The number of amides is 1. The highest BCUT2D eigenvalue weighted by molar-refractivity contribution is 5.92. The Morgan fingerprint density at radius 2 is 2.00 bits per heavy atom. The van der Waals surface area contributed by atoms with Crippen LogP contribution in [-0.2, 0) is 15.1 Å². The summed E-state index contributed by atoms with van der Waals surface area (Å²) in [6.07, 6.45) is 5.97. The number of hydrogen-bond acceptors (Lipinski definition) is 4. The fraction of sp³-hybridized carbons (Fsp3) is 0.667. The Kier molecular flexibility index (Phi) is 5.04. The second-order valence-corrected chi connectivity index (χ2v) is 8.09. The number of fused-ring (bicyclic) bond motifs is 2. The molecule has 1 aliphatic carbocycles. The number of rotatable bonds is 4. The molecule has 2 heterocycles. The third kappa shape index (κ3) is 2.96. The monoisotopic (exact) mass is 358 g/mol. The molecule has 142 valence electrons. The van der Waals surface area contributed by atoms with Gasteiger partial charge in [-0.1, -0.05) is 18.6 Å². The Labute approximate surface area is 155 Å². The Balaban J connectivity index is 1.66. The van der Waals surface area contributed by atoms with Crippen molar-refractivity contribution in [1.82, 2.24) is 4.90 Å². The minimum absolute atomic E-state index is 0.310. The van der Waals surface area contributed by atoms with Crippen molar-refractivity contribution >= 4 is 5.91 Å². The van der Waals surface area contributed by atoms with E-state index in [1.165, 1.54) is 12.8 Å². The van der Waals surface area contributed by atoms with Crippen LogP contribution in [0.5, 0.6) is 0 Å². The Morgan fingerprint density at radius 3 is 2.62 bits per heavy atom. The van der Waals surface area contributed by atoms with Crippen molar-refractivity contribution in [3.63, 3.8) is 0 Å². The van der Waals surface area contributed by atoms with E-state index < -0.39 is 0 Å². The lowest BCUT2D eigenvalue weighted by atomic mass is 9.62. The summed E-state index contributed by atoms with van der Waals surface area (Å²) in [5, 5.41) is 0. The van der Waals surface area contributed by atoms with Crippen molar-refractivity contribution in [3.05, 3.63) is 35.4 Å². The molecule has 2 saturated heterocycles. The molecule has 3 atom stereocenters. The molecule has 1 aromatic carbocycles. The van der Waals surface area contributed by atoms with Gasteiger partial charge in [-0.05, 0) is 43.4 Å². The molecule has 1 saturated carbocycles. The standard InChI is InChI=1S/C21H30N2O3/c1-25-21(16-6-2-5-15(11-16)20(22)24)17-7-3-8-18(21)13-23(12-17)19-9-4-10-26-14-19/h2,5-6,11,17-19H,3-4,7-10,12-14H2,1H3,(H2,22,24)/t17?,18?,19-,21?/m1/s1. The van der Waals surface area contributed by atoms with Gasteiger partial charge >= 0.3 is 0 Å². The molecule has 5 nitrogen and oxygen atoms in total. The van der Waals surface area contributed by atoms with Crippen molar-refractivity contribution < 1.29 is 14.3 Å². The predicted octanol–water partition coefficient (Wildman–Crippen LogP) is 2.54. The maximum absolute atomic E-state index is 11.7. The lowest BCUT2D eigenvalue weighted by Crippen LogP contribution is -2.61. The van der Waals surface area contributed by atoms with E-state index in [0.717, 1.165) is 51.1 Å². The van der Waals surface area contributed by atoms with Crippen LogP contribution >= 0.6 is 0 Å². The van der Waals surface area contributed by atoms with Crippen LogP contribution < -0.4 is 5.73 Å². The van der Waals surface area contributed by atoms with Crippen LogP contribution in [0.4, 0.5) is 0 Å². The fourth-order valence-corrected chi connectivity index (χ4v) is 5.62. The van der Waals surface area contributed by atoms with E-state index in [4.69, 9.17) is 15.2 Å². The van der Waals surface area contributed by atoms with E-state index in [-0.39, 0.29) is 11.5 Å².